The second-order valence-corrected chi connectivity index (χ2v) is 5.38. The summed E-state index contributed by atoms with van der Waals surface area (Å²) in [4.78, 5) is 12.1. The predicted molar refractivity (Wildman–Crippen MR) is 95.0 cm³/mol. The second-order valence-electron chi connectivity index (χ2n) is 5.38. The highest BCUT2D eigenvalue weighted by Gasteiger charge is 2.05. The molecule has 0 fully saturated rings. The maximum Gasteiger partial charge on any atom is 0.212 e. The smallest absolute Gasteiger partial charge is 0.212 e. The van der Waals surface area contributed by atoms with E-state index in [-0.39, 0.29) is 0 Å². The maximum absolute atomic E-state index is 12.9. The topological polar surface area (TPSA) is 59.9 Å². The Balaban J connectivity index is 1.64. The monoisotopic (exact) mass is 338 g/mol. The molecule has 0 saturated carbocycles. The van der Waals surface area contributed by atoms with Gasteiger partial charge in [0.1, 0.15) is 17.9 Å². The summed E-state index contributed by atoms with van der Waals surface area (Å²) in [7, 11) is 0. The van der Waals surface area contributed by atoms with Gasteiger partial charge in [-0.05, 0) is 37.1 Å². The standard InChI is InChI=1S/C19H19FN4O/c1-2-25-17-6-4-3-5-14(17)9-10-21-19-11-16(23-13-24-19)15-7-8-18(20)22-12-15/h3-8,11-13H,2,9-10H2,1H3,(H,21,23,24). The molecule has 5 nitrogen and oxygen atoms in total. The first-order chi connectivity index (χ1) is 12.3. The average Bonchev–Trinajstić information content (AvgIpc) is 2.64. The van der Waals surface area contributed by atoms with Gasteiger partial charge in [-0.1, -0.05) is 18.2 Å². The van der Waals surface area contributed by atoms with Gasteiger partial charge in [0.2, 0.25) is 5.95 Å². The zero-order valence-corrected chi connectivity index (χ0v) is 13.9. The molecule has 0 atom stereocenters. The highest BCUT2D eigenvalue weighted by molar-refractivity contribution is 5.60. The highest BCUT2D eigenvalue weighted by Crippen LogP contribution is 2.20. The quantitative estimate of drug-likeness (QED) is 0.665. The SMILES string of the molecule is CCOc1ccccc1CCNc1cc(-c2ccc(F)nc2)ncn1. The molecule has 3 aromatic rings. The lowest BCUT2D eigenvalue weighted by molar-refractivity contribution is 0.336. The Labute approximate surface area is 145 Å². The van der Waals surface area contributed by atoms with Gasteiger partial charge in [0, 0.05) is 24.4 Å². The normalized spacial score (nSPS) is 10.5. The molecule has 0 aliphatic rings. The summed E-state index contributed by atoms with van der Waals surface area (Å²) >= 11 is 0. The molecule has 0 unspecified atom stereocenters. The van der Waals surface area contributed by atoms with Crippen LogP contribution in [0.5, 0.6) is 5.75 Å². The minimum Gasteiger partial charge on any atom is -0.494 e. The van der Waals surface area contributed by atoms with E-state index in [1.54, 1.807) is 6.07 Å². The lowest BCUT2D eigenvalue weighted by atomic mass is 10.1. The molecule has 2 heterocycles. The number of nitrogens with zero attached hydrogens (tertiary/aromatic N) is 3. The zero-order valence-electron chi connectivity index (χ0n) is 13.9. The summed E-state index contributed by atoms with van der Waals surface area (Å²) in [6.07, 6.45) is 3.75. The van der Waals surface area contributed by atoms with Gasteiger partial charge >= 0.3 is 0 Å². The first kappa shape index (κ1) is 16.8. The molecular weight excluding hydrogens is 319 g/mol. The Morgan fingerprint density at radius 2 is 1.96 bits per heavy atom. The van der Waals surface area contributed by atoms with Crippen molar-refractivity contribution in [2.24, 2.45) is 0 Å². The summed E-state index contributed by atoms with van der Waals surface area (Å²) in [5.41, 5.74) is 2.59. The molecule has 0 aliphatic heterocycles. The van der Waals surface area contributed by atoms with Gasteiger partial charge in [0.15, 0.2) is 0 Å². The molecule has 0 saturated heterocycles. The molecule has 1 aromatic carbocycles. The van der Waals surface area contributed by atoms with Crippen LogP contribution in [0.25, 0.3) is 11.3 Å². The molecule has 0 spiro atoms. The number of halogens is 1. The van der Waals surface area contributed by atoms with Gasteiger partial charge in [-0.25, -0.2) is 15.0 Å². The van der Waals surface area contributed by atoms with Crippen molar-refractivity contribution in [3.8, 4) is 17.0 Å². The van der Waals surface area contributed by atoms with Crippen molar-refractivity contribution < 1.29 is 9.13 Å². The summed E-state index contributed by atoms with van der Waals surface area (Å²) in [5.74, 6) is 1.11. The van der Waals surface area contributed by atoms with Crippen molar-refractivity contribution in [3.05, 3.63) is 66.5 Å². The number of anilines is 1. The molecule has 25 heavy (non-hydrogen) atoms. The molecule has 1 N–H and O–H groups in total. The molecule has 0 bridgehead atoms. The van der Waals surface area contributed by atoms with Crippen LogP contribution >= 0.6 is 0 Å². The second kappa shape index (κ2) is 8.19. The number of hydrogen-bond acceptors (Lipinski definition) is 5. The van der Waals surface area contributed by atoms with Crippen molar-refractivity contribution in [1.82, 2.24) is 15.0 Å². The third-order valence-corrected chi connectivity index (χ3v) is 3.66. The number of ether oxygens (including phenoxy) is 1. The van der Waals surface area contributed by atoms with Gasteiger partial charge in [0.25, 0.3) is 0 Å². The van der Waals surface area contributed by atoms with Crippen LogP contribution < -0.4 is 10.1 Å². The van der Waals surface area contributed by atoms with Crippen molar-refractivity contribution >= 4 is 5.82 Å². The van der Waals surface area contributed by atoms with Gasteiger partial charge in [-0.15, -0.1) is 0 Å². The van der Waals surface area contributed by atoms with Gasteiger partial charge in [0.05, 0.1) is 12.3 Å². The van der Waals surface area contributed by atoms with E-state index in [1.807, 2.05) is 31.2 Å². The molecule has 3 rings (SSSR count). The molecule has 128 valence electrons. The Morgan fingerprint density at radius 1 is 1.08 bits per heavy atom. The minimum absolute atomic E-state index is 0.510. The molecule has 0 aliphatic carbocycles. The third kappa shape index (κ3) is 4.50. The lowest BCUT2D eigenvalue weighted by Crippen LogP contribution is -2.08. The Bertz CT molecular complexity index is 824. The Hall–Kier alpha value is -3.02. The van der Waals surface area contributed by atoms with Crippen LogP contribution in [0, 0.1) is 5.95 Å². The van der Waals surface area contributed by atoms with Crippen LogP contribution in [0.4, 0.5) is 10.2 Å². The van der Waals surface area contributed by atoms with Crippen LogP contribution in [0.2, 0.25) is 0 Å². The van der Waals surface area contributed by atoms with E-state index in [4.69, 9.17) is 4.74 Å². The van der Waals surface area contributed by atoms with Crippen molar-refractivity contribution in [2.45, 2.75) is 13.3 Å². The minimum atomic E-state index is -0.510. The van der Waals surface area contributed by atoms with Gasteiger partial charge < -0.3 is 10.1 Å². The number of hydrogen-bond donors (Lipinski definition) is 1. The van der Waals surface area contributed by atoms with Crippen LogP contribution in [-0.2, 0) is 6.42 Å². The largest absolute Gasteiger partial charge is 0.494 e. The predicted octanol–water partition coefficient (Wildman–Crippen LogP) is 3.73. The summed E-state index contributed by atoms with van der Waals surface area (Å²) in [6, 6.07) is 12.8. The molecule has 0 radical (unpaired) electrons. The number of rotatable bonds is 7. The summed E-state index contributed by atoms with van der Waals surface area (Å²) in [6.45, 7) is 3.33. The van der Waals surface area contributed by atoms with E-state index in [1.165, 1.54) is 18.6 Å². The maximum atomic E-state index is 12.9. The van der Waals surface area contributed by atoms with Gasteiger partial charge in [-0.3, -0.25) is 0 Å². The number of para-hydroxylation sites is 1. The lowest BCUT2D eigenvalue weighted by Gasteiger charge is -2.11. The molecule has 6 heteroatoms. The van der Waals surface area contributed by atoms with E-state index < -0.39 is 5.95 Å². The third-order valence-electron chi connectivity index (χ3n) is 3.66. The number of benzene rings is 1. The van der Waals surface area contributed by atoms with E-state index in [2.05, 4.69) is 26.3 Å². The highest BCUT2D eigenvalue weighted by atomic mass is 19.1. The van der Waals surface area contributed by atoms with E-state index in [0.29, 0.717) is 24.7 Å². The fourth-order valence-corrected chi connectivity index (χ4v) is 2.47. The summed E-state index contributed by atoms with van der Waals surface area (Å²) < 4.78 is 18.6. The molecular formula is C19H19FN4O. The average molecular weight is 338 g/mol. The fourth-order valence-electron chi connectivity index (χ4n) is 2.47. The van der Waals surface area contributed by atoms with Crippen LogP contribution in [0.15, 0.2) is 55.0 Å². The van der Waals surface area contributed by atoms with Crippen molar-refractivity contribution in [2.75, 3.05) is 18.5 Å². The molecule has 2 aromatic heterocycles. The first-order valence-electron chi connectivity index (χ1n) is 8.15. The van der Waals surface area contributed by atoms with Gasteiger partial charge in [-0.2, -0.15) is 4.39 Å². The molecule has 0 amide bonds. The number of pyridine rings is 1. The van der Waals surface area contributed by atoms with Crippen LogP contribution in [0.3, 0.4) is 0 Å². The number of aromatic nitrogens is 3. The van der Waals surface area contributed by atoms with Crippen molar-refractivity contribution in [3.63, 3.8) is 0 Å². The van der Waals surface area contributed by atoms with Crippen LogP contribution in [-0.4, -0.2) is 28.1 Å². The van der Waals surface area contributed by atoms with E-state index in [0.717, 1.165) is 23.3 Å². The Kier molecular flexibility index (Phi) is 5.51. The van der Waals surface area contributed by atoms with E-state index in [9.17, 15) is 4.39 Å². The van der Waals surface area contributed by atoms with Crippen LogP contribution in [0.1, 0.15) is 12.5 Å². The van der Waals surface area contributed by atoms with E-state index >= 15 is 0 Å². The fraction of sp³-hybridized carbons (Fsp3) is 0.211. The zero-order chi connectivity index (χ0) is 17.5. The first-order valence-corrected chi connectivity index (χ1v) is 8.15. The Morgan fingerprint density at radius 3 is 2.76 bits per heavy atom. The number of nitrogens with one attached hydrogen (secondary N) is 1. The summed E-state index contributed by atoms with van der Waals surface area (Å²) in [5, 5.41) is 3.28. The van der Waals surface area contributed by atoms with Crippen molar-refractivity contribution in [1.29, 1.82) is 0 Å².